The van der Waals surface area contributed by atoms with E-state index in [2.05, 4.69) is 22.8 Å². The Labute approximate surface area is 111 Å². The van der Waals surface area contributed by atoms with Crippen LogP contribution in [0, 0.1) is 12.8 Å². The summed E-state index contributed by atoms with van der Waals surface area (Å²) in [6, 6.07) is 0. The highest BCUT2D eigenvalue weighted by Gasteiger charge is 2.03. The highest BCUT2D eigenvalue weighted by Crippen LogP contribution is 2.02. The number of nitrogens with two attached hydrogens (primary N) is 3. The van der Waals surface area contributed by atoms with Crippen molar-refractivity contribution in [2.24, 2.45) is 22.2 Å². The smallest absolute Gasteiger partial charge is 0.204 e. The molecular weight excluding hydrogens is 250 g/mol. The number of hydrogen-bond donors (Lipinski definition) is 3. The Balaban J connectivity index is 0. The van der Waals surface area contributed by atoms with Crippen molar-refractivity contribution in [1.82, 2.24) is 4.98 Å². The van der Waals surface area contributed by atoms with E-state index in [1.165, 1.54) is 11.3 Å². The van der Waals surface area contributed by atoms with Gasteiger partial charge in [-0.3, -0.25) is 9.79 Å². The fourth-order valence-corrected chi connectivity index (χ4v) is 1.28. The largest absolute Gasteiger partial charge is 0.370 e. The molecule has 0 saturated heterocycles. The summed E-state index contributed by atoms with van der Waals surface area (Å²) in [6.07, 6.45) is 10.6. The van der Waals surface area contributed by atoms with Gasteiger partial charge in [0.25, 0.3) is 0 Å². The van der Waals surface area contributed by atoms with Gasteiger partial charge >= 0.3 is 0 Å². The summed E-state index contributed by atoms with van der Waals surface area (Å²) in [5.41, 5.74) is 15.1. The number of terminal acetylenes is 1. The predicted octanol–water partition coefficient (Wildman–Crippen LogP) is 0.204. The molecule has 1 heterocycles. The first-order valence-electron chi connectivity index (χ1n) is 5.13. The monoisotopic (exact) mass is 269 g/mol. The average molecular weight is 269 g/mol. The quantitative estimate of drug-likeness (QED) is 0.312. The average Bonchev–Trinajstić information content (AvgIpc) is 2.92. The van der Waals surface area contributed by atoms with Crippen molar-refractivity contribution in [3.63, 3.8) is 0 Å². The van der Waals surface area contributed by atoms with Crippen molar-refractivity contribution >= 4 is 23.1 Å². The number of Topliss-reactive ketones (excluding diaryl/α,β-unsaturated/α-hetero) is 1. The van der Waals surface area contributed by atoms with Gasteiger partial charge in [-0.15, -0.1) is 24.2 Å². The van der Waals surface area contributed by atoms with Crippen LogP contribution in [0.15, 0.2) is 16.6 Å². The summed E-state index contributed by atoms with van der Waals surface area (Å²) in [4.78, 5) is 18.2. The fourth-order valence-electron chi connectivity index (χ4n) is 0.689. The van der Waals surface area contributed by atoms with E-state index in [1.807, 2.05) is 6.92 Å². The third-order valence-corrected chi connectivity index (χ3v) is 2.19. The van der Waals surface area contributed by atoms with Crippen molar-refractivity contribution in [3.05, 3.63) is 16.6 Å². The van der Waals surface area contributed by atoms with Gasteiger partial charge in [0.15, 0.2) is 11.0 Å². The summed E-state index contributed by atoms with van der Waals surface area (Å²) in [5, 5.41) is 2.25. The highest BCUT2D eigenvalue weighted by atomic mass is 32.1. The minimum atomic E-state index is -0.0926. The van der Waals surface area contributed by atoms with E-state index < -0.39 is 0 Å². The van der Waals surface area contributed by atoms with E-state index in [4.69, 9.17) is 17.2 Å². The van der Waals surface area contributed by atoms with Gasteiger partial charge in [-0.25, -0.2) is 4.98 Å². The Morgan fingerprint density at radius 1 is 1.50 bits per heavy atom. The molecule has 100 valence electrons. The molecule has 1 rings (SSSR count). The van der Waals surface area contributed by atoms with Crippen LogP contribution in [0.25, 0.3) is 0 Å². The van der Waals surface area contributed by atoms with Crippen LogP contribution in [0.1, 0.15) is 23.1 Å². The lowest BCUT2D eigenvalue weighted by Crippen LogP contribution is -2.22. The first-order valence-corrected chi connectivity index (χ1v) is 6.01. The van der Waals surface area contributed by atoms with E-state index >= 15 is 0 Å². The molecule has 0 aliphatic carbocycles. The molecule has 0 aromatic carbocycles. The summed E-state index contributed by atoms with van der Waals surface area (Å²) in [5.74, 6) is 0.0897. The van der Waals surface area contributed by atoms with Crippen LogP contribution in [-0.2, 0) is 0 Å². The molecule has 0 unspecified atom stereocenters. The Kier molecular flexibility index (Phi) is 13.5. The van der Waals surface area contributed by atoms with E-state index in [1.54, 1.807) is 11.6 Å². The number of thiazole rings is 1. The molecule has 1 aromatic heterocycles. The minimum absolute atomic E-state index is 0.0491. The zero-order chi connectivity index (χ0) is 14.4. The molecule has 18 heavy (non-hydrogen) atoms. The molecule has 1 aromatic rings. The molecule has 0 amide bonds. The number of carbonyl (C=O) groups excluding carboxylic acids is 1. The molecule has 7 heteroatoms. The molecule has 6 N–H and O–H groups in total. The van der Waals surface area contributed by atoms with Crippen molar-refractivity contribution in [3.8, 4) is 12.8 Å². The number of ketones is 1. The van der Waals surface area contributed by atoms with Crippen LogP contribution < -0.4 is 17.2 Å². The molecule has 0 aliphatic rings. The van der Waals surface area contributed by atoms with E-state index in [0.29, 0.717) is 5.01 Å². The molecule has 0 atom stereocenters. The molecule has 0 saturated carbocycles. The first-order chi connectivity index (χ1) is 8.61. The topological polar surface area (TPSA) is 120 Å². The van der Waals surface area contributed by atoms with Gasteiger partial charge < -0.3 is 17.2 Å². The molecule has 0 aliphatic heterocycles. The second-order valence-electron chi connectivity index (χ2n) is 2.77. The SMILES string of the molecule is C#C.CCCN=C(N)N.NCC(=O)c1nccs1. The van der Waals surface area contributed by atoms with Crippen LogP contribution in [0.5, 0.6) is 0 Å². The van der Waals surface area contributed by atoms with Gasteiger partial charge in [0.2, 0.25) is 5.78 Å². The predicted molar refractivity (Wildman–Crippen MR) is 76.4 cm³/mol. The van der Waals surface area contributed by atoms with Crippen molar-refractivity contribution < 1.29 is 4.79 Å². The maximum atomic E-state index is 10.7. The van der Waals surface area contributed by atoms with Gasteiger partial charge in [0.05, 0.1) is 6.54 Å². The Morgan fingerprint density at radius 3 is 2.39 bits per heavy atom. The summed E-state index contributed by atoms with van der Waals surface area (Å²) in [7, 11) is 0. The molecule has 0 spiro atoms. The minimum Gasteiger partial charge on any atom is -0.370 e. The third kappa shape index (κ3) is 10.6. The standard InChI is InChI=1S/C5H6N2OS.C4H11N3.C2H2/c6-3-4(8)5-7-1-2-9-5;1-2-3-7-4(5)6;1-2/h1-2H,3,6H2;2-3H2,1H3,(H4,5,6,7);1-2H. The second-order valence-corrected chi connectivity index (χ2v) is 3.67. The lowest BCUT2D eigenvalue weighted by molar-refractivity contribution is 0.100. The fraction of sp³-hybridized carbons (Fsp3) is 0.364. The Bertz CT molecular complexity index is 355. The van der Waals surface area contributed by atoms with Crippen molar-refractivity contribution in [1.29, 1.82) is 0 Å². The zero-order valence-corrected chi connectivity index (χ0v) is 11.2. The summed E-state index contributed by atoms with van der Waals surface area (Å²) >= 11 is 1.31. The van der Waals surface area contributed by atoms with Crippen molar-refractivity contribution in [2.45, 2.75) is 13.3 Å². The van der Waals surface area contributed by atoms with Gasteiger partial charge in [-0.05, 0) is 6.42 Å². The van der Waals surface area contributed by atoms with Crippen LogP contribution in [-0.4, -0.2) is 29.8 Å². The van der Waals surface area contributed by atoms with Crippen LogP contribution >= 0.6 is 11.3 Å². The lowest BCUT2D eigenvalue weighted by atomic mass is 10.4. The molecular formula is C11H19N5OS. The van der Waals surface area contributed by atoms with Crippen LogP contribution in [0.4, 0.5) is 0 Å². The Morgan fingerprint density at radius 2 is 2.11 bits per heavy atom. The normalized spacial score (nSPS) is 8.00. The zero-order valence-electron chi connectivity index (χ0n) is 10.4. The van der Waals surface area contributed by atoms with E-state index in [-0.39, 0.29) is 18.3 Å². The van der Waals surface area contributed by atoms with E-state index in [0.717, 1.165) is 13.0 Å². The molecule has 6 nitrogen and oxygen atoms in total. The van der Waals surface area contributed by atoms with Gasteiger partial charge in [-0.1, -0.05) is 6.92 Å². The first kappa shape index (κ1) is 18.5. The number of hydrogen-bond acceptors (Lipinski definition) is 5. The second kappa shape index (κ2) is 13.2. The maximum Gasteiger partial charge on any atom is 0.204 e. The van der Waals surface area contributed by atoms with Gasteiger partial charge in [0, 0.05) is 18.1 Å². The highest BCUT2D eigenvalue weighted by molar-refractivity contribution is 7.11. The van der Waals surface area contributed by atoms with Crippen molar-refractivity contribution in [2.75, 3.05) is 13.1 Å². The third-order valence-electron chi connectivity index (χ3n) is 1.37. The van der Waals surface area contributed by atoms with Gasteiger partial charge in [-0.2, -0.15) is 0 Å². The van der Waals surface area contributed by atoms with Crippen LogP contribution in [0.2, 0.25) is 0 Å². The number of rotatable bonds is 4. The summed E-state index contributed by atoms with van der Waals surface area (Å²) in [6.45, 7) is 2.81. The Hall–Kier alpha value is -1.91. The number of nitrogens with zero attached hydrogens (tertiary/aromatic N) is 2. The van der Waals surface area contributed by atoms with Gasteiger partial charge in [0.1, 0.15) is 0 Å². The van der Waals surface area contributed by atoms with E-state index in [9.17, 15) is 4.79 Å². The van der Waals surface area contributed by atoms with Crippen LogP contribution in [0.3, 0.4) is 0 Å². The summed E-state index contributed by atoms with van der Waals surface area (Å²) < 4.78 is 0. The number of guanidine groups is 1. The molecule has 0 bridgehead atoms. The number of aliphatic imine (C=N–C) groups is 1. The number of carbonyl (C=O) groups is 1. The number of aromatic nitrogens is 1. The maximum absolute atomic E-state index is 10.7. The molecule has 0 radical (unpaired) electrons. The molecule has 0 fully saturated rings. The lowest BCUT2D eigenvalue weighted by Gasteiger charge is -1.86.